The van der Waals surface area contributed by atoms with Crippen molar-refractivity contribution in [1.82, 2.24) is 0 Å². The van der Waals surface area contributed by atoms with Crippen molar-refractivity contribution in [2.24, 2.45) is 5.73 Å². The molecule has 0 amide bonds. The summed E-state index contributed by atoms with van der Waals surface area (Å²) < 4.78 is 68.9. The molecule has 0 aliphatic carbocycles. The maximum Gasteiger partial charge on any atom is 0.419 e. The molecule has 1 atom stereocenters. The minimum atomic E-state index is -5.23. The number of aliphatic hydroxyl groups excluding tert-OH is 1. The van der Waals surface area contributed by atoms with E-state index in [2.05, 4.69) is 0 Å². The van der Waals surface area contributed by atoms with Crippen molar-refractivity contribution < 1.29 is 46.6 Å². The highest BCUT2D eigenvalue weighted by molar-refractivity contribution is 7.70. The molecule has 0 radical (unpaired) electrons. The third-order valence-corrected chi connectivity index (χ3v) is 5.94. The van der Waals surface area contributed by atoms with Crippen molar-refractivity contribution in [2.45, 2.75) is 63.1 Å². The van der Waals surface area contributed by atoms with Gasteiger partial charge in [0.15, 0.2) is 0 Å². The Morgan fingerprint density at radius 1 is 1.06 bits per heavy atom. The van der Waals surface area contributed by atoms with E-state index in [9.17, 15) is 32.0 Å². The van der Waals surface area contributed by atoms with Gasteiger partial charge in [-0.05, 0) is 43.4 Å². The summed E-state index contributed by atoms with van der Waals surface area (Å²) in [4.78, 5) is 29.8. The molecular weight excluding hydrogens is 457 g/mol. The van der Waals surface area contributed by atoms with Crippen LogP contribution in [-0.4, -0.2) is 45.8 Å². The van der Waals surface area contributed by atoms with E-state index in [0.717, 1.165) is 37.8 Å². The number of aryl methyl sites for hydroxylation is 1. The highest BCUT2D eigenvalue weighted by Crippen LogP contribution is 2.41. The molecule has 0 spiro atoms. The molecule has 0 fully saturated rings. The number of hydrogen-bond acceptors (Lipinski definition) is 5. The highest BCUT2D eigenvalue weighted by Gasteiger charge is 2.44. The smallest absolute Gasteiger partial charge is 0.419 e. The molecule has 184 valence electrons. The van der Waals surface area contributed by atoms with Crippen LogP contribution >= 0.6 is 7.60 Å². The van der Waals surface area contributed by atoms with E-state index in [1.165, 1.54) is 6.07 Å². The molecule has 12 heteroatoms. The fraction of sp³-hybridized carbons (Fsp3) is 0.650. The lowest BCUT2D eigenvalue weighted by Gasteiger charge is -2.25. The Kier molecular flexibility index (Phi) is 11.3. The fourth-order valence-corrected chi connectivity index (χ4v) is 3.84. The Bertz CT molecular complexity index is 786. The molecule has 1 aromatic rings. The molecule has 0 saturated carbocycles. The van der Waals surface area contributed by atoms with Crippen molar-refractivity contribution >= 4 is 13.1 Å². The van der Waals surface area contributed by atoms with Gasteiger partial charge in [-0.3, -0.25) is 13.8 Å². The molecule has 32 heavy (non-hydrogen) atoms. The molecule has 0 aliphatic heterocycles. The van der Waals surface area contributed by atoms with Gasteiger partial charge in [-0.2, -0.15) is 13.2 Å². The number of aliphatic hydroxyl groups is 1. The lowest BCUT2D eigenvalue weighted by atomic mass is 9.93. The molecule has 5 N–H and O–H groups in total. The van der Waals surface area contributed by atoms with Crippen LogP contribution in [0.2, 0.25) is 0 Å². The Labute approximate surface area is 184 Å². The first kappa shape index (κ1) is 28.5. The monoisotopic (exact) mass is 487 g/mol. The van der Waals surface area contributed by atoms with Crippen LogP contribution in [0.25, 0.3) is 0 Å². The van der Waals surface area contributed by atoms with Gasteiger partial charge in [-0.15, -0.1) is 0 Å². The quantitative estimate of drug-likeness (QED) is 0.169. The zero-order valence-electron chi connectivity index (χ0n) is 17.6. The minimum absolute atomic E-state index is 0.0821. The van der Waals surface area contributed by atoms with E-state index in [-0.39, 0.29) is 31.0 Å². The number of halogens is 4. The number of carbonyl (C=O) groups is 1. The van der Waals surface area contributed by atoms with Gasteiger partial charge in [0.1, 0.15) is 11.3 Å². The van der Waals surface area contributed by atoms with E-state index >= 15 is 0 Å². The maximum absolute atomic E-state index is 13.5. The topological polar surface area (TPSA) is 130 Å². The number of nitrogens with two attached hydrogens (primary N) is 1. The first-order chi connectivity index (χ1) is 14.8. The molecule has 0 bridgehead atoms. The Balaban J connectivity index is 2.78. The number of rotatable bonds is 15. The zero-order chi connectivity index (χ0) is 24.4. The second-order valence-electron chi connectivity index (χ2n) is 7.65. The number of carbonyl (C=O) groups excluding carboxylic acids is 1. The van der Waals surface area contributed by atoms with E-state index in [1.54, 1.807) is 0 Å². The highest BCUT2D eigenvalue weighted by atomic mass is 31.2. The van der Waals surface area contributed by atoms with Gasteiger partial charge in [0.2, 0.25) is 0 Å². The summed E-state index contributed by atoms with van der Waals surface area (Å²) in [7, 11) is -5.23. The van der Waals surface area contributed by atoms with Crippen molar-refractivity contribution in [1.29, 1.82) is 0 Å². The normalized spacial score (nSPS) is 14.2. The maximum atomic E-state index is 13.5. The van der Waals surface area contributed by atoms with Gasteiger partial charge in [-0.25, -0.2) is 0 Å². The van der Waals surface area contributed by atoms with Crippen molar-refractivity contribution in [2.75, 3.05) is 19.9 Å². The number of hydrogen-bond donors (Lipinski definition) is 4. The number of alkyl halides is 4. The SMILES string of the molecule is NC(CO)(CCc1ccc(OCCCCCCCCF)c(C(F)(F)F)c1)C(=O)P(=O)(O)O. The summed E-state index contributed by atoms with van der Waals surface area (Å²) in [6.07, 6.45) is -1.13. The molecule has 1 rings (SSSR count). The summed E-state index contributed by atoms with van der Waals surface area (Å²) >= 11 is 0. The van der Waals surface area contributed by atoms with Gasteiger partial charge < -0.3 is 25.4 Å². The van der Waals surface area contributed by atoms with Gasteiger partial charge in [0, 0.05) is 0 Å². The van der Waals surface area contributed by atoms with Crippen LogP contribution in [0.4, 0.5) is 17.6 Å². The van der Waals surface area contributed by atoms with Crippen LogP contribution in [0.5, 0.6) is 5.75 Å². The standard InChI is InChI=1S/C20H30F4NO6P/c21-11-5-3-1-2-4-6-12-31-17-8-7-15(13-16(17)20(22,23)24)9-10-19(25,14-26)18(27)32(28,29)30/h7-8,13,26H,1-6,9-12,14,25H2,(H2,28,29,30). The minimum Gasteiger partial charge on any atom is -0.493 e. The predicted octanol–water partition coefficient (Wildman–Crippen LogP) is 3.72. The predicted molar refractivity (Wildman–Crippen MR) is 110 cm³/mol. The summed E-state index contributed by atoms with van der Waals surface area (Å²) in [5.74, 6) is -0.355. The van der Waals surface area contributed by atoms with Crippen LogP contribution in [0.15, 0.2) is 18.2 Å². The number of unbranched alkanes of at least 4 members (excludes halogenated alkanes) is 5. The summed E-state index contributed by atoms with van der Waals surface area (Å²) in [5, 5.41) is 9.32. The summed E-state index contributed by atoms with van der Waals surface area (Å²) in [5.41, 5.74) is 0.738. The second-order valence-corrected chi connectivity index (χ2v) is 9.14. The van der Waals surface area contributed by atoms with Crippen LogP contribution < -0.4 is 10.5 Å². The van der Waals surface area contributed by atoms with Crippen LogP contribution in [-0.2, 0) is 22.0 Å². The second kappa shape index (κ2) is 12.6. The molecule has 0 heterocycles. The molecule has 0 aliphatic rings. The average Bonchev–Trinajstić information content (AvgIpc) is 2.72. The number of ether oxygens (including phenoxy) is 1. The molecule has 0 saturated heterocycles. The lowest BCUT2D eigenvalue weighted by molar-refractivity contribution is -0.139. The van der Waals surface area contributed by atoms with Gasteiger partial charge in [-0.1, -0.05) is 31.7 Å². The van der Waals surface area contributed by atoms with Gasteiger partial charge in [0.05, 0.1) is 25.5 Å². The summed E-state index contributed by atoms with van der Waals surface area (Å²) in [6, 6.07) is 3.30. The Morgan fingerprint density at radius 2 is 1.66 bits per heavy atom. The van der Waals surface area contributed by atoms with Crippen molar-refractivity contribution in [3.8, 4) is 5.75 Å². The molecule has 1 aromatic carbocycles. The Hall–Kier alpha value is -1.52. The summed E-state index contributed by atoms with van der Waals surface area (Å²) in [6.45, 7) is -1.34. The van der Waals surface area contributed by atoms with E-state index in [4.69, 9.17) is 20.3 Å². The molecule has 1 unspecified atom stereocenters. The molecule has 0 aromatic heterocycles. The van der Waals surface area contributed by atoms with E-state index in [1.807, 2.05) is 0 Å². The number of benzene rings is 1. The first-order valence-corrected chi connectivity index (χ1v) is 11.9. The lowest BCUT2D eigenvalue weighted by Crippen LogP contribution is -2.51. The molecular formula is C20H30F4NO6P. The van der Waals surface area contributed by atoms with Crippen LogP contribution in [0.1, 0.15) is 56.1 Å². The molecule has 7 nitrogen and oxygen atoms in total. The van der Waals surface area contributed by atoms with Crippen LogP contribution in [0.3, 0.4) is 0 Å². The third-order valence-electron chi connectivity index (χ3n) is 4.97. The zero-order valence-corrected chi connectivity index (χ0v) is 18.5. The van der Waals surface area contributed by atoms with E-state index in [0.29, 0.717) is 12.8 Å². The average molecular weight is 487 g/mol. The van der Waals surface area contributed by atoms with Gasteiger partial charge >= 0.3 is 13.8 Å². The fourth-order valence-electron chi connectivity index (χ4n) is 3.08. The van der Waals surface area contributed by atoms with Crippen molar-refractivity contribution in [3.63, 3.8) is 0 Å². The third kappa shape index (κ3) is 9.15. The largest absolute Gasteiger partial charge is 0.493 e. The van der Waals surface area contributed by atoms with E-state index < -0.39 is 43.4 Å². The first-order valence-electron chi connectivity index (χ1n) is 10.2. The Morgan fingerprint density at radius 3 is 2.19 bits per heavy atom. The van der Waals surface area contributed by atoms with Crippen LogP contribution in [0, 0.1) is 0 Å². The van der Waals surface area contributed by atoms with Gasteiger partial charge in [0.25, 0.3) is 5.52 Å². The van der Waals surface area contributed by atoms with Crippen molar-refractivity contribution in [3.05, 3.63) is 29.3 Å².